The highest BCUT2D eigenvalue weighted by Gasteiger charge is 2.16. The highest BCUT2D eigenvalue weighted by atomic mass is 16.7. The molecule has 3 heterocycles. The molecule has 0 unspecified atom stereocenters. The second-order valence-electron chi connectivity index (χ2n) is 7.28. The van der Waals surface area contributed by atoms with Gasteiger partial charge in [-0.05, 0) is 42.4 Å². The van der Waals surface area contributed by atoms with Crippen molar-refractivity contribution in [2.24, 2.45) is 4.99 Å². The number of guanidine groups is 1. The quantitative estimate of drug-likeness (QED) is 0.585. The van der Waals surface area contributed by atoms with E-state index in [-0.39, 0.29) is 6.79 Å². The van der Waals surface area contributed by atoms with Crippen LogP contribution in [0.1, 0.15) is 11.1 Å². The van der Waals surface area contributed by atoms with E-state index in [1.807, 2.05) is 30.5 Å². The number of benzene rings is 1. The number of nitrogens with one attached hydrogen (secondary N) is 2. The van der Waals surface area contributed by atoms with Gasteiger partial charge in [-0.15, -0.1) is 0 Å². The number of aliphatic imine (C=N–C) groups is 1. The molecule has 0 radical (unpaired) electrons. The van der Waals surface area contributed by atoms with Gasteiger partial charge in [0, 0.05) is 52.5 Å². The molecule has 2 aliphatic heterocycles. The minimum atomic E-state index is 0.289. The van der Waals surface area contributed by atoms with Crippen LogP contribution in [0.5, 0.6) is 11.5 Å². The summed E-state index contributed by atoms with van der Waals surface area (Å²) in [5.74, 6) is 3.38. The summed E-state index contributed by atoms with van der Waals surface area (Å²) >= 11 is 0. The van der Waals surface area contributed by atoms with Gasteiger partial charge in [-0.3, -0.25) is 4.99 Å². The molecule has 1 aromatic heterocycles. The van der Waals surface area contributed by atoms with E-state index < -0.39 is 0 Å². The third kappa shape index (κ3) is 4.89. The van der Waals surface area contributed by atoms with E-state index >= 15 is 0 Å². The van der Waals surface area contributed by atoms with Crippen LogP contribution >= 0.6 is 0 Å². The maximum atomic E-state index is 5.44. The normalized spacial score (nSPS) is 16.8. The first-order chi connectivity index (χ1) is 14.2. The van der Waals surface area contributed by atoms with E-state index in [0.717, 1.165) is 55.0 Å². The minimum Gasteiger partial charge on any atom is -0.454 e. The van der Waals surface area contributed by atoms with Crippen molar-refractivity contribution in [1.29, 1.82) is 0 Å². The summed E-state index contributed by atoms with van der Waals surface area (Å²) in [4.78, 5) is 13.6. The third-order valence-corrected chi connectivity index (χ3v) is 5.22. The molecule has 154 valence electrons. The largest absolute Gasteiger partial charge is 0.454 e. The van der Waals surface area contributed by atoms with Crippen LogP contribution in [0.25, 0.3) is 0 Å². The Kier molecular flexibility index (Phi) is 6.00. The monoisotopic (exact) mass is 396 g/mol. The Bertz CT molecular complexity index is 864. The summed E-state index contributed by atoms with van der Waals surface area (Å²) in [5, 5.41) is 6.71. The molecule has 8 heteroatoms. The molecule has 29 heavy (non-hydrogen) atoms. The number of ether oxygens (including phenoxy) is 2. The Labute approximate surface area is 171 Å². The van der Waals surface area contributed by atoms with Crippen LogP contribution in [-0.2, 0) is 13.1 Å². The molecule has 2 aliphatic rings. The van der Waals surface area contributed by atoms with Crippen LogP contribution in [0, 0.1) is 0 Å². The lowest BCUT2D eigenvalue weighted by molar-refractivity contribution is 0.174. The highest BCUT2D eigenvalue weighted by Crippen LogP contribution is 2.32. The first-order valence-corrected chi connectivity index (χ1v) is 9.93. The molecule has 2 N–H and O–H groups in total. The van der Waals surface area contributed by atoms with Crippen molar-refractivity contribution in [2.75, 3.05) is 52.0 Å². The van der Waals surface area contributed by atoms with E-state index in [0.29, 0.717) is 13.1 Å². The number of hydrogen-bond donors (Lipinski definition) is 2. The van der Waals surface area contributed by atoms with Crippen molar-refractivity contribution >= 4 is 11.8 Å². The summed E-state index contributed by atoms with van der Waals surface area (Å²) in [7, 11) is 3.94. The molecule has 8 nitrogen and oxygen atoms in total. The van der Waals surface area contributed by atoms with Gasteiger partial charge in [0.25, 0.3) is 0 Å². The number of hydrogen-bond acceptors (Lipinski definition) is 6. The Morgan fingerprint density at radius 1 is 1.00 bits per heavy atom. The molecule has 0 aliphatic carbocycles. The van der Waals surface area contributed by atoms with Crippen molar-refractivity contribution in [3.8, 4) is 11.5 Å². The van der Waals surface area contributed by atoms with Gasteiger partial charge in [0.05, 0.1) is 0 Å². The van der Waals surface area contributed by atoms with Crippen LogP contribution in [0.15, 0.2) is 41.5 Å². The second-order valence-corrected chi connectivity index (χ2v) is 7.28. The van der Waals surface area contributed by atoms with Crippen molar-refractivity contribution < 1.29 is 9.47 Å². The van der Waals surface area contributed by atoms with Crippen molar-refractivity contribution in [1.82, 2.24) is 20.5 Å². The molecule has 1 aromatic carbocycles. The molecular formula is C21H28N6O2. The number of aromatic nitrogens is 1. The second kappa shape index (κ2) is 9.00. The number of fused-ring (bicyclic) bond motifs is 1. The highest BCUT2D eigenvalue weighted by molar-refractivity contribution is 5.79. The lowest BCUT2D eigenvalue weighted by Gasteiger charge is -2.33. The summed E-state index contributed by atoms with van der Waals surface area (Å²) in [6.45, 7) is 5.79. The Hall–Kier alpha value is -3.00. The number of nitrogens with zero attached hydrogens (tertiary/aromatic N) is 4. The van der Waals surface area contributed by atoms with E-state index in [2.05, 4.69) is 43.5 Å². The number of anilines is 1. The molecule has 1 saturated heterocycles. The molecule has 0 amide bonds. The predicted octanol–water partition coefficient (Wildman–Crippen LogP) is 1.43. The zero-order chi connectivity index (χ0) is 20.1. The van der Waals surface area contributed by atoms with Gasteiger partial charge in [-0.25, -0.2) is 4.98 Å². The van der Waals surface area contributed by atoms with Crippen LogP contribution < -0.4 is 25.0 Å². The van der Waals surface area contributed by atoms with Gasteiger partial charge in [0.1, 0.15) is 5.82 Å². The Morgan fingerprint density at radius 2 is 1.72 bits per heavy atom. The molecule has 0 saturated carbocycles. The van der Waals surface area contributed by atoms with Gasteiger partial charge >= 0.3 is 0 Å². The number of piperazine rings is 1. The van der Waals surface area contributed by atoms with Gasteiger partial charge < -0.3 is 29.9 Å². The van der Waals surface area contributed by atoms with E-state index in [9.17, 15) is 0 Å². The van der Waals surface area contributed by atoms with Gasteiger partial charge in [0.2, 0.25) is 6.79 Å². The zero-order valence-electron chi connectivity index (χ0n) is 17.0. The molecular weight excluding hydrogens is 368 g/mol. The minimum absolute atomic E-state index is 0.289. The Balaban J connectivity index is 1.30. The number of pyridine rings is 1. The molecule has 0 spiro atoms. The summed E-state index contributed by atoms with van der Waals surface area (Å²) in [6.07, 6.45) is 1.88. The fraction of sp³-hybridized carbons (Fsp3) is 0.429. The standard InChI is InChI=1S/C21H28N6O2/c1-22-21(24-13-16-3-4-18-19(11-16)29-15-28-18)25-14-17-5-6-23-20(12-17)27-9-7-26(2)8-10-27/h3-6,11-12H,7-10,13-15H2,1-2H3,(H2,22,24,25). The van der Waals surface area contributed by atoms with Crippen LogP contribution in [0.3, 0.4) is 0 Å². The summed E-state index contributed by atoms with van der Waals surface area (Å²) in [6, 6.07) is 10.2. The zero-order valence-corrected chi connectivity index (χ0v) is 17.0. The third-order valence-electron chi connectivity index (χ3n) is 5.22. The topological polar surface area (TPSA) is 74.3 Å². The van der Waals surface area contributed by atoms with E-state index in [1.165, 1.54) is 5.56 Å². The first-order valence-electron chi connectivity index (χ1n) is 9.93. The Morgan fingerprint density at radius 3 is 2.48 bits per heavy atom. The van der Waals surface area contributed by atoms with Gasteiger partial charge in [-0.1, -0.05) is 6.07 Å². The predicted molar refractivity (Wildman–Crippen MR) is 114 cm³/mol. The number of likely N-dealkylation sites (N-methyl/N-ethyl adjacent to an activating group) is 1. The van der Waals surface area contributed by atoms with Crippen LogP contribution in [0.4, 0.5) is 5.82 Å². The van der Waals surface area contributed by atoms with Crippen LogP contribution in [-0.4, -0.2) is 62.9 Å². The molecule has 0 bridgehead atoms. The van der Waals surface area contributed by atoms with Gasteiger partial charge in [-0.2, -0.15) is 0 Å². The fourth-order valence-corrected chi connectivity index (χ4v) is 3.42. The maximum Gasteiger partial charge on any atom is 0.231 e. The van der Waals surface area contributed by atoms with Crippen LogP contribution in [0.2, 0.25) is 0 Å². The van der Waals surface area contributed by atoms with Crippen molar-refractivity contribution in [3.63, 3.8) is 0 Å². The van der Waals surface area contributed by atoms with Crippen molar-refractivity contribution in [3.05, 3.63) is 47.7 Å². The smallest absolute Gasteiger partial charge is 0.231 e. The molecule has 4 rings (SSSR count). The average Bonchev–Trinajstić information content (AvgIpc) is 3.22. The molecule has 1 fully saturated rings. The van der Waals surface area contributed by atoms with Crippen molar-refractivity contribution in [2.45, 2.75) is 13.1 Å². The lowest BCUT2D eigenvalue weighted by atomic mass is 10.2. The summed E-state index contributed by atoms with van der Waals surface area (Å²) in [5.41, 5.74) is 2.29. The molecule has 0 atom stereocenters. The van der Waals surface area contributed by atoms with E-state index in [4.69, 9.17) is 9.47 Å². The lowest BCUT2D eigenvalue weighted by Crippen LogP contribution is -2.44. The van der Waals surface area contributed by atoms with E-state index in [1.54, 1.807) is 7.05 Å². The molecule has 2 aromatic rings. The SMILES string of the molecule is CN=C(NCc1ccnc(N2CCN(C)CC2)c1)NCc1ccc2c(c1)OCO2. The summed E-state index contributed by atoms with van der Waals surface area (Å²) < 4.78 is 10.8. The maximum absolute atomic E-state index is 5.44. The first kappa shape index (κ1) is 19.3. The fourth-order valence-electron chi connectivity index (χ4n) is 3.42. The van der Waals surface area contributed by atoms with Gasteiger partial charge in [0.15, 0.2) is 17.5 Å². The average molecular weight is 396 g/mol. The number of rotatable bonds is 5.